The predicted octanol–water partition coefficient (Wildman–Crippen LogP) is 5.23. The van der Waals surface area contributed by atoms with Crippen molar-refractivity contribution in [3.63, 3.8) is 0 Å². The summed E-state index contributed by atoms with van der Waals surface area (Å²) in [6.45, 7) is 8.07. The van der Waals surface area contributed by atoms with E-state index in [0.29, 0.717) is 29.4 Å². The number of rotatable bonds is 5. The zero-order valence-corrected chi connectivity index (χ0v) is 18.5. The minimum absolute atomic E-state index is 0.00517. The van der Waals surface area contributed by atoms with Crippen molar-refractivity contribution in [1.82, 2.24) is 0 Å². The van der Waals surface area contributed by atoms with Crippen molar-refractivity contribution < 1.29 is 23.8 Å². The summed E-state index contributed by atoms with van der Waals surface area (Å²) in [5, 5.41) is 11.2. The number of hydrogen-bond acceptors (Lipinski definition) is 5. The highest BCUT2D eigenvalue weighted by molar-refractivity contribution is 6.51. The summed E-state index contributed by atoms with van der Waals surface area (Å²) in [4.78, 5) is 27.8. The molecule has 0 radical (unpaired) electrons. The summed E-state index contributed by atoms with van der Waals surface area (Å²) in [5.41, 5.74) is 3.64. The molecule has 3 aromatic rings. The highest BCUT2D eigenvalue weighted by Crippen LogP contribution is 2.43. The molecule has 1 N–H and O–H groups in total. The van der Waals surface area contributed by atoms with Gasteiger partial charge in [0.1, 0.15) is 23.3 Å². The van der Waals surface area contributed by atoms with Gasteiger partial charge in [-0.3, -0.25) is 14.5 Å². The van der Waals surface area contributed by atoms with Gasteiger partial charge in [0.25, 0.3) is 11.7 Å². The Balaban J connectivity index is 1.91. The van der Waals surface area contributed by atoms with Crippen LogP contribution in [-0.4, -0.2) is 23.4 Å². The van der Waals surface area contributed by atoms with Crippen molar-refractivity contribution in [3.8, 4) is 5.75 Å². The Morgan fingerprint density at radius 2 is 1.84 bits per heavy atom. The second kappa shape index (κ2) is 8.38. The lowest BCUT2D eigenvalue weighted by Gasteiger charge is -2.25. The number of nitrogens with zero attached hydrogens (tertiary/aromatic N) is 1. The van der Waals surface area contributed by atoms with Crippen molar-refractivity contribution in [2.24, 2.45) is 0 Å². The third kappa shape index (κ3) is 3.58. The third-order valence-corrected chi connectivity index (χ3v) is 5.63. The maximum absolute atomic E-state index is 13.2. The Kier molecular flexibility index (Phi) is 5.61. The van der Waals surface area contributed by atoms with E-state index in [2.05, 4.69) is 0 Å². The van der Waals surface area contributed by atoms with Crippen LogP contribution in [0.5, 0.6) is 5.75 Å². The molecule has 2 heterocycles. The van der Waals surface area contributed by atoms with Crippen LogP contribution in [0.2, 0.25) is 0 Å². The Hall–Kier alpha value is -3.80. The van der Waals surface area contributed by atoms with Crippen LogP contribution in [0.3, 0.4) is 0 Å². The molecule has 1 unspecified atom stereocenters. The van der Waals surface area contributed by atoms with Gasteiger partial charge >= 0.3 is 0 Å². The number of ketones is 1. The molecule has 1 aliphatic heterocycles. The normalized spacial score (nSPS) is 17.8. The van der Waals surface area contributed by atoms with Crippen LogP contribution in [0.4, 0.5) is 5.69 Å². The fourth-order valence-corrected chi connectivity index (χ4v) is 4.05. The first-order valence-electron chi connectivity index (χ1n) is 10.5. The van der Waals surface area contributed by atoms with E-state index < -0.39 is 17.7 Å². The topological polar surface area (TPSA) is 80.0 Å². The standard InChI is InChI=1S/C26H25NO5/c1-5-31-20-11-10-18(14-17(20)4)24(28)22-23(21-7-6-12-32-21)27(26(30)25(22)29)19-13-15(2)8-9-16(19)3/h6-14,23,28H,5H2,1-4H3/b24-22-. The molecule has 0 saturated carbocycles. The largest absolute Gasteiger partial charge is 0.507 e. The van der Waals surface area contributed by atoms with Crippen LogP contribution in [0, 0.1) is 20.8 Å². The van der Waals surface area contributed by atoms with Crippen molar-refractivity contribution in [3.05, 3.63) is 88.4 Å². The van der Waals surface area contributed by atoms with Crippen LogP contribution in [0.25, 0.3) is 5.76 Å². The molecule has 4 rings (SSSR count). The zero-order valence-electron chi connectivity index (χ0n) is 18.5. The van der Waals surface area contributed by atoms with Crippen LogP contribution < -0.4 is 9.64 Å². The maximum atomic E-state index is 13.2. The number of benzene rings is 2. The van der Waals surface area contributed by atoms with Gasteiger partial charge in [-0.25, -0.2) is 0 Å². The summed E-state index contributed by atoms with van der Waals surface area (Å²) in [6.07, 6.45) is 1.49. The number of carbonyl (C=O) groups excluding carboxylic acids is 2. The summed E-state index contributed by atoms with van der Waals surface area (Å²) >= 11 is 0. The fourth-order valence-electron chi connectivity index (χ4n) is 4.05. The predicted molar refractivity (Wildman–Crippen MR) is 122 cm³/mol. The van der Waals surface area contributed by atoms with Gasteiger partial charge in [-0.1, -0.05) is 12.1 Å². The van der Waals surface area contributed by atoms with E-state index >= 15 is 0 Å². The van der Waals surface area contributed by atoms with Gasteiger partial charge in [0.05, 0.1) is 18.4 Å². The van der Waals surface area contributed by atoms with Crippen LogP contribution in [-0.2, 0) is 9.59 Å². The first-order chi connectivity index (χ1) is 15.3. The SMILES string of the molecule is CCOc1ccc(/C(O)=C2/C(=O)C(=O)N(c3cc(C)ccc3C)C2c2ccco2)cc1C. The molecular formula is C26H25NO5. The second-order valence-corrected chi connectivity index (χ2v) is 7.89. The average molecular weight is 431 g/mol. The number of furan rings is 1. The van der Waals surface area contributed by atoms with E-state index in [0.717, 1.165) is 16.7 Å². The molecule has 0 aliphatic carbocycles. The van der Waals surface area contributed by atoms with Crippen molar-refractivity contribution in [2.75, 3.05) is 11.5 Å². The zero-order chi connectivity index (χ0) is 23.0. The van der Waals surface area contributed by atoms with E-state index in [1.54, 1.807) is 30.3 Å². The number of ether oxygens (including phenoxy) is 1. The van der Waals surface area contributed by atoms with Gasteiger partial charge in [0.15, 0.2) is 0 Å². The number of amides is 1. The molecule has 0 bridgehead atoms. The van der Waals surface area contributed by atoms with Gasteiger partial charge in [-0.05, 0) is 80.8 Å². The summed E-state index contributed by atoms with van der Waals surface area (Å²) in [7, 11) is 0. The molecule has 0 spiro atoms. The quantitative estimate of drug-likeness (QED) is 0.340. The van der Waals surface area contributed by atoms with Gasteiger partial charge < -0.3 is 14.3 Å². The van der Waals surface area contributed by atoms with Crippen molar-refractivity contribution in [1.29, 1.82) is 0 Å². The molecule has 2 aromatic carbocycles. The second-order valence-electron chi connectivity index (χ2n) is 7.89. The Labute approximate surface area is 186 Å². The van der Waals surface area contributed by atoms with Crippen LogP contribution in [0.15, 0.2) is 64.8 Å². The van der Waals surface area contributed by atoms with Gasteiger partial charge in [0.2, 0.25) is 0 Å². The number of anilines is 1. The number of hydrogen-bond donors (Lipinski definition) is 1. The number of aliphatic hydroxyl groups excluding tert-OH is 1. The van der Waals surface area contributed by atoms with Gasteiger partial charge in [-0.2, -0.15) is 0 Å². The molecule has 6 heteroatoms. The highest BCUT2D eigenvalue weighted by Gasteiger charge is 2.48. The number of Topliss-reactive ketones (excluding diaryl/α,β-unsaturated/α-hetero) is 1. The lowest BCUT2D eigenvalue weighted by molar-refractivity contribution is -0.132. The van der Waals surface area contributed by atoms with Gasteiger partial charge in [0, 0.05) is 11.3 Å². The van der Waals surface area contributed by atoms with Crippen LogP contribution in [0.1, 0.15) is 41.0 Å². The number of aliphatic hydroxyl groups is 1. The van der Waals surface area contributed by atoms with E-state index in [9.17, 15) is 14.7 Å². The smallest absolute Gasteiger partial charge is 0.300 e. The monoisotopic (exact) mass is 431 g/mol. The first kappa shape index (κ1) is 21.4. The Morgan fingerprint density at radius 3 is 2.50 bits per heavy atom. The molecule has 1 atom stereocenters. The Bertz CT molecular complexity index is 1220. The van der Waals surface area contributed by atoms with E-state index in [1.165, 1.54) is 11.2 Å². The summed E-state index contributed by atoms with van der Waals surface area (Å²) in [5.74, 6) is -0.610. The summed E-state index contributed by atoms with van der Waals surface area (Å²) < 4.78 is 11.2. The van der Waals surface area contributed by atoms with E-state index in [4.69, 9.17) is 9.15 Å². The minimum atomic E-state index is -0.877. The molecule has 32 heavy (non-hydrogen) atoms. The van der Waals surface area contributed by atoms with E-state index in [-0.39, 0.29) is 11.3 Å². The molecule has 1 aliphatic rings. The number of aryl methyl sites for hydroxylation is 3. The molecule has 1 amide bonds. The average Bonchev–Trinajstić information content (AvgIpc) is 3.38. The molecule has 1 aromatic heterocycles. The molecule has 164 valence electrons. The fraction of sp³-hybridized carbons (Fsp3) is 0.231. The van der Waals surface area contributed by atoms with Gasteiger partial charge in [-0.15, -0.1) is 0 Å². The Morgan fingerprint density at radius 1 is 1.06 bits per heavy atom. The van der Waals surface area contributed by atoms with E-state index in [1.807, 2.05) is 45.9 Å². The lowest BCUT2D eigenvalue weighted by atomic mass is 9.98. The lowest BCUT2D eigenvalue weighted by Crippen LogP contribution is -2.30. The highest BCUT2D eigenvalue weighted by atomic mass is 16.5. The maximum Gasteiger partial charge on any atom is 0.300 e. The third-order valence-electron chi connectivity index (χ3n) is 5.63. The van der Waals surface area contributed by atoms with Crippen molar-refractivity contribution in [2.45, 2.75) is 33.7 Å². The number of carbonyl (C=O) groups is 2. The molecule has 6 nitrogen and oxygen atoms in total. The molecule has 1 saturated heterocycles. The minimum Gasteiger partial charge on any atom is -0.507 e. The van der Waals surface area contributed by atoms with Crippen molar-refractivity contribution >= 4 is 23.1 Å². The molecule has 1 fully saturated rings. The molecular weight excluding hydrogens is 406 g/mol. The first-order valence-corrected chi connectivity index (χ1v) is 10.5. The summed E-state index contributed by atoms with van der Waals surface area (Å²) in [6, 6.07) is 13.4. The van der Waals surface area contributed by atoms with Crippen LogP contribution >= 0.6 is 0 Å².